The van der Waals surface area contributed by atoms with Gasteiger partial charge in [0, 0.05) is 26.4 Å². The Kier molecular flexibility index (Phi) is 9.58. The molecule has 5 nitrogen and oxygen atoms in total. The average Bonchev–Trinajstić information content (AvgIpc) is 2.40. The third-order valence-electron chi connectivity index (χ3n) is 2.80. The number of nitrogens with zero attached hydrogens (tertiary/aromatic N) is 1. The molecule has 0 saturated carbocycles. The SMILES string of the molecule is CCCNC(=NC)NCc1cc(F)ccc1CS(C)(=O)=O.I. The zero-order valence-corrected chi connectivity index (χ0v) is 16.2. The summed E-state index contributed by atoms with van der Waals surface area (Å²) in [6, 6.07) is 4.13. The lowest BCUT2D eigenvalue weighted by Gasteiger charge is -2.13. The predicted molar refractivity (Wildman–Crippen MR) is 98.9 cm³/mol. The van der Waals surface area contributed by atoms with Crippen molar-refractivity contribution in [3.8, 4) is 0 Å². The van der Waals surface area contributed by atoms with E-state index in [1.54, 1.807) is 7.05 Å². The van der Waals surface area contributed by atoms with Crippen LogP contribution >= 0.6 is 24.0 Å². The molecular weight excluding hydrogens is 420 g/mol. The van der Waals surface area contributed by atoms with Crippen LogP contribution in [-0.4, -0.2) is 34.2 Å². The molecule has 1 aromatic rings. The number of sulfone groups is 1. The molecule has 0 aromatic heterocycles. The minimum Gasteiger partial charge on any atom is -0.356 e. The van der Waals surface area contributed by atoms with Crippen molar-refractivity contribution in [3.63, 3.8) is 0 Å². The highest BCUT2D eigenvalue weighted by Gasteiger charge is 2.11. The molecule has 0 radical (unpaired) electrons. The van der Waals surface area contributed by atoms with E-state index in [0.29, 0.717) is 23.6 Å². The fraction of sp³-hybridized carbons (Fsp3) is 0.500. The summed E-state index contributed by atoms with van der Waals surface area (Å²) >= 11 is 0. The Balaban J connectivity index is 0.00000441. The first-order chi connectivity index (χ1) is 9.85. The smallest absolute Gasteiger partial charge is 0.191 e. The van der Waals surface area contributed by atoms with E-state index in [0.717, 1.165) is 19.2 Å². The van der Waals surface area contributed by atoms with Gasteiger partial charge in [-0.05, 0) is 29.7 Å². The summed E-state index contributed by atoms with van der Waals surface area (Å²) < 4.78 is 36.2. The normalized spacial score (nSPS) is 11.7. The van der Waals surface area contributed by atoms with Crippen LogP contribution in [0.25, 0.3) is 0 Å². The Bertz CT molecular complexity index is 606. The average molecular weight is 443 g/mol. The van der Waals surface area contributed by atoms with E-state index in [1.807, 2.05) is 6.92 Å². The third-order valence-corrected chi connectivity index (χ3v) is 3.63. The van der Waals surface area contributed by atoms with Gasteiger partial charge in [-0.3, -0.25) is 4.99 Å². The van der Waals surface area contributed by atoms with E-state index in [2.05, 4.69) is 15.6 Å². The van der Waals surface area contributed by atoms with Crippen LogP contribution in [-0.2, 0) is 22.1 Å². The number of nitrogens with one attached hydrogen (secondary N) is 2. The Hall–Kier alpha value is -0.900. The zero-order chi connectivity index (χ0) is 15.9. The Morgan fingerprint density at radius 1 is 1.27 bits per heavy atom. The summed E-state index contributed by atoms with van der Waals surface area (Å²) in [6.07, 6.45) is 2.12. The molecule has 0 atom stereocenters. The van der Waals surface area contributed by atoms with Crippen LogP contribution in [0.1, 0.15) is 24.5 Å². The molecule has 22 heavy (non-hydrogen) atoms. The molecule has 0 aliphatic carbocycles. The van der Waals surface area contributed by atoms with Crippen molar-refractivity contribution >= 4 is 39.8 Å². The number of rotatable bonds is 6. The van der Waals surface area contributed by atoms with Gasteiger partial charge in [-0.2, -0.15) is 0 Å². The van der Waals surface area contributed by atoms with E-state index < -0.39 is 9.84 Å². The van der Waals surface area contributed by atoms with Crippen molar-refractivity contribution in [1.29, 1.82) is 0 Å². The first kappa shape index (κ1) is 21.1. The van der Waals surface area contributed by atoms with Gasteiger partial charge in [0.2, 0.25) is 0 Å². The lowest BCUT2D eigenvalue weighted by Crippen LogP contribution is -2.37. The maximum atomic E-state index is 13.4. The molecule has 2 N–H and O–H groups in total. The van der Waals surface area contributed by atoms with Crippen LogP contribution in [0.15, 0.2) is 23.2 Å². The second kappa shape index (κ2) is 9.98. The summed E-state index contributed by atoms with van der Waals surface area (Å²) in [5, 5.41) is 6.15. The second-order valence-electron chi connectivity index (χ2n) is 4.84. The van der Waals surface area contributed by atoms with Crippen LogP contribution in [0.5, 0.6) is 0 Å². The van der Waals surface area contributed by atoms with E-state index in [4.69, 9.17) is 0 Å². The van der Waals surface area contributed by atoms with Gasteiger partial charge in [0.1, 0.15) is 5.82 Å². The molecule has 0 heterocycles. The fourth-order valence-electron chi connectivity index (χ4n) is 1.83. The van der Waals surface area contributed by atoms with Gasteiger partial charge in [-0.1, -0.05) is 13.0 Å². The quantitative estimate of drug-likeness (QED) is 0.401. The monoisotopic (exact) mass is 443 g/mol. The maximum absolute atomic E-state index is 13.4. The third kappa shape index (κ3) is 7.92. The van der Waals surface area contributed by atoms with E-state index >= 15 is 0 Å². The molecule has 126 valence electrons. The van der Waals surface area contributed by atoms with Gasteiger partial charge in [0.25, 0.3) is 0 Å². The van der Waals surface area contributed by atoms with Crippen molar-refractivity contribution in [3.05, 3.63) is 35.1 Å². The van der Waals surface area contributed by atoms with E-state index in [1.165, 1.54) is 18.2 Å². The minimum atomic E-state index is -3.17. The molecule has 8 heteroatoms. The summed E-state index contributed by atoms with van der Waals surface area (Å²) in [4.78, 5) is 4.05. The molecule has 1 rings (SSSR count). The standard InChI is InChI=1S/C14H22FN3O2S.HI/c1-4-7-17-14(16-2)18-9-12-8-13(15)6-5-11(12)10-21(3,19)20;/h5-6,8H,4,7,9-10H2,1-3H3,(H2,16,17,18);1H. The molecule has 0 saturated heterocycles. The summed E-state index contributed by atoms with van der Waals surface area (Å²) in [5.41, 5.74) is 1.21. The second-order valence-corrected chi connectivity index (χ2v) is 6.98. The summed E-state index contributed by atoms with van der Waals surface area (Å²) in [7, 11) is -1.52. The highest BCUT2D eigenvalue weighted by molar-refractivity contribution is 14.0. The van der Waals surface area contributed by atoms with E-state index in [-0.39, 0.29) is 35.5 Å². The van der Waals surface area contributed by atoms with Crippen LogP contribution in [0.2, 0.25) is 0 Å². The van der Waals surface area contributed by atoms with Crippen molar-refractivity contribution in [2.24, 2.45) is 4.99 Å². The lowest BCUT2D eigenvalue weighted by molar-refractivity contribution is 0.599. The Morgan fingerprint density at radius 2 is 1.95 bits per heavy atom. The number of hydrogen-bond acceptors (Lipinski definition) is 3. The zero-order valence-electron chi connectivity index (χ0n) is 13.0. The highest BCUT2D eigenvalue weighted by atomic mass is 127. The largest absolute Gasteiger partial charge is 0.356 e. The van der Waals surface area contributed by atoms with E-state index in [9.17, 15) is 12.8 Å². The van der Waals surface area contributed by atoms with Gasteiger partial charge in [0.15, 0.2) is 15.8 Å². The molecule has 0 amide bonds. The molecule has 0 aliphatic rings. The predicted octanol–water partition coefficient (Wildman–Crippen LogP) is 2.06. The first-order valence-electron chi connectivity index (χ1n) is 6.75. The van der Waals surface area contributed by atoms with Gasteiger partial charge in [-0.25, -0.2) is 12.8 Å². The highest BCUT2D eigenvalue weighted by Crippen LogP contribution is 2.14. The van der Waals surface area contributed by atoms with Gasteiger partial charge in [-0.15, -0.1) is 24.0 Å². The summed E-state index contributed by atoms with van der Waals surface area (Å²) in [5.74, 6) is 0.109. The number of guanidine groups is 1. The fourth-order valence-corrected chi connectivity index (χ4v) is 2.67. The molecule has 0 aliphatic heterocycles. The van der Waals surface area contributed by atoms with Crippen LogP contribution in [0, 0.1) is 5.82 Å². The van der Waals surface area contributed by atoms with Crippen LogP contribution in [0.3, 0.4) is 0 Å². The molecule has 0 bridgehead atoms. The van der Waals surface area contributed by atoms with Gasteiger partial charge >= 0.3 is 0 Å². The van der Waals surface area contributed by atoms with Crippen molar-refractivity contribution < 1.29 is 12.8 Å². The number of halogens is 2. The minimum absolute atomic E-state index is 0. The van der Waals surface area contributed by atoms with Crippen LogP contribution in [0.4, 0.5) is 4.39 Å². The van der Waals surface area contributed by atoms with Crippen LogP contribution < -0.4 is 10.6 Å². The first-order valence-corrected chi connectivity index (χ1v) is 8.81. The molecule has 0 unspecified atom stereocenters. The number of benzene rings is 1. The Labute approximate surface area is 148 Å². The van der Waals surface area contributed by atoms with Crippen molar-refractivity contribution in [1.82, 2.24) is 10.6 Å². The van der Waals surface area contributed by atoms with Crippen molar-refractivity contribution in [2.45, 2.75) is 25.6 Å². The summed E-state index contributed by atoms with van der Waals surface area (Å²) in [6.45, 7) is 3.13. The van der Waals surface area contributed by atoms with Gasteiger partial charge in [0.05, 0.1) is 5.75 Å². The maximum Gasteiger partial charge on any atom is 0.191 e. The molecule has 0 spiro atoms. The molecular formula is C14H23FIN3O2S. The molecule has 0 fully saturated rings. The Morgan fingerprint density at radius 3 is 2.50 bits per heavy atom. The number of hydrogen-bond donors (Lipinski definition) is 2. The molecule has 1 aromatic carbocycles. The lowest BCUT2D eigenvalue weighted by atomic mass is 10.1. The number of aliphatic imine (C=N–C) groups is 1. The van der Waals surface area contributed by atoms with Crippen molar-refractivity contribution in [2.75, 3.05) is 19.8 Å². The topological polar surface area (TPSA) is 70.6 Å². The van der Waals surface area contributed by atoms with Gasteiger partial charge < -0.3 is 10.6 Å².